The van der Waals surface area contributed by atoms with E-state index in [-0.39, 0.29) is 29.7 Å². The van der Waals surface area contributed by atoms with Crippen molar-refractivity contribution in [3.8, 4) is 0 Å². The second-order valence-corrected chi connectivity index (χ2v) is 12.5. The van der Waals surface area contributed by atoms with Crippen LogP contribution in [-0.4, -0.2) is 84.1 Å². The number of imide groups is 2. The number of carbonyl (C=O) groups excluding carboxylic acids is 4. The minimum absolute atomic E-state index is 0.191. The Kier molecular flexibility index (Phi) is 11.2. The topological polar surface area (TPSA) is 90.0 Å². The van der Waals surface area contributed by atoms with Gasteiger partial charge in [0.05, 0.1) is 0 Å². The lowest BCUT2D eigenvalue weighted by molar-refractivity contribution is 0.0584. The second kappa shape index (κ2) is 15.5. The molecule has 8 nitrogen and oxygen atoms in total. The molecule has 0 bridgehead atoms. The zero-order valence-electron chi connectivity index (χ0n) is 28.1. The van der Waals surface area contributed by atoms with Crippen LogP contribution in [0.4, 0.5) is 0 Å². The number of benzene rings is 4. The molecule has 0 spiro atoms. The van der Waals surface area contributed by atoms with Crippen LogP contribution in [0.3, 0.4) is 0 Å². The molecule has 1 atom stereocenters. The Hall–Kier alpha value is -4.40. The molecule has 246 valence electrons. The highest BCUT2D eigenvalue weighted by Gasteiger charge is 2.33. The molecule has 6 rings (SSSR count). The Balaban J connectivity index is 0.000000662. The lowest BCUT2D eigenvalue weighted by Gasteiger charge is -2.31. The van der Waals surface area contributed by atoms with Gasteiger partial charge in [0.1, 0.15) is 0 Å². The van der Waals surface area contributed by atoms with E-state index >= 15 is 0 Å². The highest BCUT2D eigenvalue weighted by atomic mass is 16.2. The number of rotatable bonds is 13. The molecule has 0 saturated heterocycles. The summed E-state index contributed by atoms with van der Waals surface area (Å²) >= 11 is 0. The average Bonchev–Trinajstić information content (AvgIpc) is 3.09. The van der Waals surface area contributed by atoms with Crippen LogP contribution in [0.5, 0.6) is 0 Å². The van der Waals surface area contributed by atoms with Gasteiger partial charge in [-0.05, 0) is 62.0 Å². The van der Waals surface area contributed by atoms with Crippen molar-refractivity contribution >= 4 is 45.2 Å². The van der Waals surface area contributed by atoms with Crippen LogP contribution in [0.2, 0.25) is 0 Å². The molecule has 0 fully saturated rings. The Bertz CT molecular complexity index is 1680. The predicted molar refractivity (Wildman–Crippen MR) is 188 cm³/mol. The van der Waals surface area contributed by atoms with Crippen molar-refractivity contribution in [2.24, 2.45) is 0 Å². The van der Waals surface area contributed by atoms with Gasteiger partial charge in [0, 0.05) is 65.2 Å². The zero-order valence-corrected chi connectivity index (χ0v) is 28.1. The summed E-state index contributed by atoms with van der Waals surface area (Å²) in [6.07, 6.45) is 6.36. The third-order valence-corrected chi connectivity index (χ3v) is 9.35. The van der Waals surface area contributed by atoms with Crippen molar-refractivity contribution in [1.29, 1.82) is 0 Å². The van der Waals surface area contributed by atoms with Gasteiger partial charge in [-0.3, -0.25) is 29.0 Å². The lowest BCUT2D eigenvalue weighted by Crippen LogP contribution is -2.46. The number of nitrogens with zero attached hydrogens (tertiary/aromatic N) is 3. The van der Waals surface area contributed by atoms with Crippen molar-refractivity contribution in [2.45, 2.75) is 58.9 Å². The molecule has 2 heterocycles. The Morgan fingerprint density at radius 1 is 0.617 bits per heavy atom. The minimum Gasteiger partial charge on any atom is -0.315 e. The highest BCUT2D eigenvalue weighted by Crippen LogP contribution is 2.31. The molecule has 8 heteroatoms. The van der Waals surface area contributed by atoms with E-state index in [0.29, 0.717) is 55.0 Å². The van der Waals surface area contributed by atoms with Crippen LogP contribution in [-0.2, 0) is 0 Å². The zero-order chi connectivity index (χ0) is 33.5. The van der Waals surface area contributed by atoms with Gasteiger partial charge in [0.2, 0.25) is 0 Å². The molecular formula is C39H46N4O4. The van der Waals surface area contributed by atoms with Gasteiger partial charge in [-0.15, -0.1) is 0 Å². The molecule has 2 aliphatic heterocycles. The molecule has 4 amide bonds. The van der Waals surface area contributed by atoms with Crippen molar-refractivity contribution in [3.63, 3.8) is 0 Å². The van der Waals surface area contributed by atoms with Crippen molar-refractivity contribution in [1.82, 2.24) is 20.0 Å². The summed E-state index contributed by atoms with van der Waals surface area (Å²) in [6.45, 7) is 8.92. The number of amides is 4. The smallest absolute Gasteiger partial charge is 0.261 e. The predicted octanol–water partition coefficient (Wildman–Crippen LogP) is 6.77. The van der Waals surface area contributed by atoms with Gasteiger partial charge in [0.25, 0.3) is 23.6 Å². The first-order valence-electron chi connectivity index (χ1n) is 16.9. The maximum atomic E-state index is 13.2. The molecule has 0 radical (unpaired) electrons. The summed E-state index contributed by atoms with van der Waals surface area (Å²) in [4.78, 5) is 57.3. The van der Waals surface area contributed by atoms with Gasteiger partial charge in [-0.1, -0.05) is 88.1 Å². The molecule has 4 aromatic carbocycles. The number of unbranched alkanes of at least 4 members (excludes halogenated alkanes) is 3. The number of carbonyl (C=O) groups is 4. The van der Waals surface area contributed by atoms with Gasteiger partial charge in [-0.2, -0.15) is 0 Å². The van der Waals surface area contributed by atoms with Gasteiger partial charge < -0.3 is 10.2 Å². The molecule has 0 saturated carbocycles. The molecule has 1 unspecified atom stereocenters. The number of hydrogen-bond acceptors (Lipinski definition) is 6. The van der Waals surface area contributed by atoms with Crippen molar-refractivity contribution in [2.75, 3.05) is 39.8 Å². The van der Waals surface area contributed by atoms with E-state index in [2.05, 4.69) is 31.0 Å². The molecule has 0 aromatic heterocycles. The first kappa shape index (κ1) is 33.9. The molecule has 2 aliphatic rings. The van der Waals surface area contributed by atoms with E-state index in [0.717, 1.165) is 28.0 Å². The summed E-state index contributed by atoms with van der Waals surface area (Å²) < 4.78 is 0. The maximum absolute atomic E-state index is 13.2. The third kappa shape index (κ3) is 7.14. The van der Waals surface area contributed by atoms with Crippen LogP contribution >= 0.6 is 0 Å². The van der Waals surface area contributed by atoms with Gasteiger partial charge in [-0.25, -0.2) is 0 Å². The fraction of sp³-hybridized carbons (Fsp3) is 0.385. The quantitative estimate of drug-likeness (QED) is 0.129. The average molecular weight is 635 g/mol. The van der Waals surface area contributed by atoms with E-state index < -0.39 is 0 Å². The van der Waals surface area contributed by atoms with Crippen molar-refractivity contribution < 1.29 is 19.2 Å². The molecule has 47 heavy (non-hydrogen) atoms. The van der Waals surface area contributed by atoms with Gasteiger partial charge in [0.15, 0.2) is 0 Å². The van der Waals surface area contributed by atoms with E-state index in [1.165, 1.54) is 35.5 Å². The van der Waals surface area contributed by atoms with Crippen molar-refractivity contribution in [3.05, 3.63) is 95.1 Å². The second-order valence-electron chi connectivity index (χ2n) is 12.5. The number of likely N-dealkylation sites (N-methyl/N-ethyl adjacent to an activating group) is 1. The Morgan fingerprint density at radius 3 is 1.43 bits per heavy atom. The van der Waals surface area contributed by atoms with Crippen LogP contribution in [0.1, 0.15) is 94.3 Å². The standard InChI is InChI=1S/C33H32N4O4.C6H14/c1-21(35(2)19-20-37-32(40)26-13-5-9-23-10-6-14-27(29(23)26)33(37)41)15-16-34-17-18-36-30(38)24-11-3-7-22-8-4-12-25(28(22)24)31(36)39;1-3-5-6-4-2/h3-14,21,34H,15-20H2,1-2H3;3-6H2,1-2H3. The molecule has 1 N–H and O–H groups in total. The molecular weight excluding hydrogens is 588 g/mol. The first-order chi connectivity index (χ1) is 22.8. The maximum Gasteiger partial charge on any atom is 0.261 e. The van der Waals surface area contributed by atoms with Crippen LogP contribution < -0.4 is 5.32 Å². The minimum atomic E-state index is -0.255. The third-order valence-electron chi connectivity index (χ3n) is 9.35. The highest BCUT2D eigenvalue weighted by molar-refractivity contribution is 6.26. The molecule has 4 aromatic rings. The summed E-state index contributed by atoms with van der Waals surface area (Å²) in [5.74, 6) is -1.00. The van der Waals surface area contributed by atoms with E-state index in [9.17, 15) is 19.2 Å². The van der Waals surface area contributed by atoms with E-state index in [1.54, 1.807) is 24.3 Å². The summed E-state index contributed by atoms with van der Waals surface area (Å²) in [5.41, 5.74) is 2.28. The fourth-order valence-corrected chi connectivity index (χ4v) is 6.39. The normalized spacial score (nSPS) is 14.7. The fourth-order valence-electron chi connectivity index (χ4n) is 6.39. The summed E-state index contributed by atoms with van der Waals surface area (Å²) in [5, 5.41) is 6.63. The number of nitrogens with one attached hydrogen (secondary N) is 1. The van der Waals surface area contributed by atoms with Crippen LogP contribution in [0.25, 0.3) is 21.5 Å². The van der Waals surface area contributed by atoms with Crippen LogP contribution in [0.15, 0.2) is 72.8 Å². The number of hydrogen-bond donors (Lipinski definition) is 1. The SMILES string of the molecule is CC(CCNCCN1C(=O)c2cccc3cccc(c23)C1=O)N(C)CCN1C(=O)c2cccc3cccc(c23)C1=O.CCCCCC. The Morgan fingerprint density at radius 2 is 1.02 bits per heavy atom. The molecule has 0 aliphatic carbocycles. The van der Waals surface area contributed by atoms with Gasteiger partial charge >= 0.3 is 0 Å². The lowest BCUT2D eigenvalue weighted by atomic mass is 9.94. The first-order valence-corrected chi connectivity index (χ1v) is 16.9. The van der Waals surface area contributed by atoms with E-state index in [4.69, 9.17) is 0 Å². The summed E-state index contributed by atoms with van der Waals surface area (Å²) in [6, 6.07) is 22.4. The largest absolute Gasteiger partial charge is 0.315 e. The van der Waals surface area contributed by atoms with Crippen LogP contribution in [0, 0.1) is 0 Å². The monoisotopic (exact) mass is 634 g/mol. The van der Waals surface area contributed by atoms with E-state index in [1.807, 2.05) is 55.6 Å². The Labute approximate surface area is 277 Å². The summed E-state index contributed by atoms with van der Waals surface area (Å²) in [7, 11) is 1.99.